The molecule has 2 rings (SSSR count). The van der Waals surface area contributed by atoms with E-state index >= 15 is 0 Å². The molecule has 1 aromatic rings. The number of hydrogen-bond donors (Lipinski definition) is 1. The van der Waals surface area contributed by atoms with Gasteiger partial charge in [-0.2, -0.15) is 0 Å². The molecular weight excluding hydrogens is 182 g/mol. The van der Waals surface area contributed by atoms with Gasteiger partial charge in [-0.05, 0) is 18.6 Å². The summed E-state index contributed by atoms with van der Waals surface area (Å²) in [7, 11) is 1.57. The topological polar surface area (TPSA) is 59.4 Å². The van der Waals surface area contributed by atoms with Gasteiger partial charge in [-0.3, -0.25) is 9.78 Å². The summed E-state index contributed by atoms with van der Waals surface area (Å²) in [6.45, 7) is 0. The Balaban J connectivity index is 2.22. The molecule has 1 aliphatic rings. The highest BCUT2D eigenvalue weighted by Crippen LogP contribution is 2.49. The Bertz CT molecular complexity index is 364. The second-order valence-corrected chi connectivity index (χ2v) is 3.38. The van der Waals surface area contributed by atoms with Crippen molar-refractivity contribution in [2.45, 2.75) is 12.3 Å². The maximum absolute atomic E-state index is 10.7. The Kier molecular flexibility index (Phi) is 2.11. The van der Waals surface area contributed by atoms with Gasteiger partial charge in [0.15, 0.2) is 0 Å². The largest absolute Gasteiger partial charge is 0.495 e. The van der Waals surface area contributed by atoms with Crippen LogP contribution in [-0.2, 0) is 4.79 Å². The fourth-order valence-electron chi connectivity index (χ4n) is 1.62. The molecule has 1 fully saturated rings. The second kappa shape index (κ2) is 3.29. The Morgan fingerprint density at radius 3 is 3.07 bits per heavy atom. The van der Waals surface area contributed by atoms with E-state index < -0.39 is 5.97 Å². The zero-order chi connectivity index (χ0) is 10.1. The van der Waals surface area contributed by atoms with Crippen molar-refractivity contribution < 1.29 is 14.6 Å². The quantitative estimate of drug-likeness (QED) is 0.785. The molecule has 4 heteroatoms. The van der Waals surface area contributed by atoms with Crippen LogP contribution in [0.5, 0.6) is 5.75 Å². The number of nitrogens with zero attached hydrogens (tertiary/aromatic N) is 1. The Morgan fingerprint density at radius 2 is 2.50 bits per heavy atom. The zero-order valence-electron chi connectivity index (χ0n) is 7.80. The van der Waals surface area contributed by atoms with Crippen LogP contribution in [0.3, 0.4) is 0 Å². The molecule has 4 nitrogen and oxygen atoms in total. The van der Waals surface area contributed by atoms with Gasteiger partial charge in [0.2, 0.25) is 0 Å². The number of aliphatic carboxylic acids is 1. The summed E-state index contributed by atoms with van der Waals surface area (Å²) in [5, 5.41) is 8.78. The Morgan fingerprint density at radius 1 is 1.71 bits per heavy atom. The minimum Gasteiger partial charge on any atom is -0.495 e. The predicted molar refractivity (Wildman–Crippen MR) is 49.3 cm³/mol. The van der Waals surface area contributed by atoms with E-state index in [0.29, 0.717) is 12.2 Å². The smallest absolute Gasteiger partial charge is 0.307 e. The molecule has 0 saturated heterocycles. The highest BCUT2D eigenvalue weighted by Gasteiger charge is 2.46. The molecule has 0 radical (unpaired) electrons. The number of rotatable bonds is 3. The van der Waals surface area contributed by atoms with Gasteiger partial charge in [0.05, 0.1) is 18.7 Å². The van der Waals surface area contributed by atoms with E-state index in [-0.39, 0.29) is 11.8 Å². The van der Waals surface area contributed by atoms with Crippen molar-refractivity contribution in [2.24, 2.45) is 5.92 Å². The second-order valence-electron chi connectivity index (χ2n) is 3.38. The van der Waals surface area contributed by atoms with Crippen LogP contribution < -0.4 is 4.74 Å². The number of carboxylic acid groups (broad SMARTS) is 1. The third-order valence-electron chi connectivity index (χ3n) is 2.48. The SMILES string of the molecule is COc1cccnc1C1CC1C(=O)O. The van der Waals surface area contributed by atoms with Crippen molar-refractivity contribution in [3.05, 3.63) is 24.0 Å². The van der Waals surface area contributed by atoms with Crippen molar-refractivity contribution in [3.8, 4) is 5.75 Å². The van der Waals surface area contributed by atoms with Crippen molar-refractivity contribution in [1.29, 1.82) is 0 Å². The van der Waals surface area contributed by atoms with Crippen LogP contribution in [0.1, 0.15) is 18.0 Å². The van der Waals surface area contributed by atoms with E-state index in [4.69, 9.17) is 9.84 Å². The summed E-state index contributed by atoms with van der Waals surface area (Å²) in [6.07, 6.45) is 2.33. The van der Waals surface area contributed by atoms with Gasteiger partial charge in [0.1, 0.15) is 5.75 Å². The summed E-state index contributed by atoms with van der Waals surface area (Å²) >= 11 is 0. The number of aromatic nitrogens is 1. The molecule has 1 aliphatic carbocycles. The highest BCUT2D eigenvalue weighted by molar-refractivity contribution is 5.75. The fraction of sp³-hybridized carbons (Fsp3) is 0.400. The third-order valence-corrected chi connectivity index (χ3v) is 2.48. The summed E-state index contributed by atoms with van der Waals surface area (Å²) in [5.41, 5.74) is 0.766. The van der Waals surface area contributed by atoms with Crippen LogP contribution in [0.15, 0.2) is 18.3 Å². The van der Waals surface area contributed by atoms with Gasteiger partial charge in [0.25, 0.3) is 0 Å². The zero-order valence-corrected chi connectivity index (χ0v) is 7.80. The Labute approximate surface area is 81.5 Å². The first kappa shape index (κ1) is 8.99. The number of pyridine rings is 1. The molecule has 1 aromatic heterocycles. The lowest BCUT2D eigenvalue weighted by atomic mass is 10.2. The lowest BCUT2D eigenvalue weighted by Gasteiger charge is -2.04. The molecule has 2 atom stereocenters. The van der Waals surface area contributed by atoms with Crippen molar-refractivity contribution in [1.82, 2.24) is 4.98 Å². The van der Waals surface area contributed by atoms with Gasteiger partial charge >= 0.3 is 5.97 Å². The summed E-state index contributed by atoms with van der Waals surface area (Å²) in [4.78, 5) is 14.8. The standard InChI is InChI=1S/C10H11NO3/c1-14-8-3-2-4-11-9(8)6-5-7(6)10(12)13/h2-4,6-7H,5H2,1H3,(H,12,13). The first-order valence-electron chi connectivity index (χ1n) is 4.45. The summed E-state index contributed by atoms with van der Waals surface area (Å²) in [6, 6.07) is 3.58. The van der Waals surface area contributed by atoms with E-state index in [9.17, 15) is 4.79 Å². The number of methoxy groups -OCH3 is 1. The van der Waals surface area contributed by atoms with Crippen LogP contribution in [0, 0.1) is 5.92 Å². The molecular formula is C10H11NO3. The average Bonchev–Trinajstić information content (AvgIpc) is 2.97. The van der Waals surface area contributed by atoms with E-state index in [0.717, 1.165) is 5.69 Å². The van der Waals surface area contributed by atoms with Crippen LogP contribution in [0.25, 0.3) is 0 Å². The predicted octanol–water partition coefficient (Wildman–Crippen LogP) is 1.28. The number of carboxylic acids is 1. The molecule has 2 unspecified atom stereocenters. The molecule has 0 spiro atoms. The van der Waals surface area contributed by atoms with E-state index in [1.54, 1.807) is 25.4 Å². The average molecular weight is 193 g/mol. The third kappa shape index (κ3) is 1.43. The van der Waals surface area contributed by atoms with Crippen molar-refractivity contribution >= 4 is 5.97 Å². The van der Waals surface area contributed by atoms with Gasteiger partial charge in [-0.15, -0.1) is 0 Å². The normalized spacial score (nSPS) is 24.4. The maximum Gasteiger partial charge on any atom is 0.307 e. The lowest BCUT2D eigenvalue weighted by Crippen LogP contribution is -2.01. The van der Waals surface area contributed by atoms with Gasteiger partial charge in [-0.1, -0.05) is 0 Å². The van der Waals surface area contributed by atoms with E-state index in [1.807, 2.05) is 0 Å². The number of ether oxygens (including phenoxy) is 1. The molecule has 14 heavy (non-hydrogen) atoms. The molecule has 74 valence electrons. The van der Waals surface area contributed by atoms with Gasteiger partial charge in [-0.25, -0.2) is 0 Å². The van der Waals surface area contributed by atoms with Gasteiger partial charge in [0, 0.05) is 12.1 Å². The molecule has 1 heterocycles. The van der Waals surface area contributed by atoms with Crippen LogP contribution >= 0.6 is 0 Å². The first-order chi connectivity index (χ1) is 6.74. The van der Waals surface area contributed by atoms with Crippen LogP contribution in [0.2, 0.25) is 0 Å². The van der Waals surface area contributed by atoms with Gasteiger partial charge < -0.3 is 9.84 Å². The minimum atomic E-state index is -0.747. The number of hydrogen-bond acceptors (Lipinski definition) is 3. The van der Waals surface area contributed by atoms with Crippen LogP contribution in [0.4, 0.5) is 0 Å². The maximum atomic E-state index is 10.7. The lowest BCUT2D eigenvalue weighted by molar-refractivity contribution is -0.138. The first-order valence-corrected chi connectivity index (χ1v) is 4.45. The van der Waals surface area contributed by atoms with Crippen LogP contribution in [-0.4, -0.2) is 23.2 Å². The summed E-state index contributed by atoms with van der Waals surface area (Å²) in [5.74, 6) is -0.314. The monoisotopic (exact) mass is 193 g/mol. The molecule has 1 saturated carbocycles. The molecule has 0 bridgehead atoms. The molecule has 1 N–H and O–H groups in total. The highest BCUT2D eigenvalue weighted by atomic mass is 16.5. The van der Waals surface area contributed by atoms with Crippen molar-refractivity contribution in [2.75, 3.05) is 7.11 Å². The van der Waals surface area contributed by atoms with E-state index in [2.05, 4.69) is 4.98 Å². The Hall–Kier alpha value is -1.58. The molecule has 0 amide bonds. The van der Waals surface area contributed by atoms with E-state index in [1.165, 1.54) is 0 Å². The van der Waals surface area contributed by atoms with Crippen molar-refractivity contribution in [3.63, 3.8) is 0 Å². The fourth-order valence-corrected chi connectivity index (χ4v) is 1.62. The number of carbonyl (C=O) groups is 1. The summed E-state index contributed by atoms with van der Waals surface area (Å²) < 4.78 is 5.12. The molecule has 0 aliphatic heterocycles. The molecule has 0 aromatic carbocycles. The minimum absolute atomic E-state index is 0.0312.